The summed E-state index contributed by atoms with van der Waals surface area (Å²) in [6, 6.07) is 16.4. The molecule has 0 spiro atoms. The number of hydrogen-bond acceptors (Lipinski definition) is 2. The number of benzene rings is 2. The Balaban J connectivity index is 1.80. The average Bonchev–Trinajstić information content (AvgIpc) is 2.67. The van der Waals surface area contributed by atoms with Crippen LogP contribution in [0.1, 0.15) is 21.6 Å². The second kappa shape index (κ2) is 8.98. The van der Waals surface area contributed by atoms with Crippen LogP contribution in [0.5, 0.6) is 0 Å². The van der Waals surface area contributed by atoms with Crippen LogP contribution in [0.2, 0.25) is 10.0 Å². The van der Waals surface area contributed by atoms with Crippen molar-refractivity contribution in [3.05, 3.63) is 99.5 Å². The highest BCUT2D eigenvalue weighted by atomic mass is 35.5. The van der Waals surface area contributed by atoms with E-state index in [0.29, 0.717) is 35.1 Å². The van der Waals surface area contributed by atoms with Crippen molar-refractivity contribution in [2.75, 3.05) is 6.54 Å². The van der Waals surface area contributed by atoms with Gasteiger partial charge in [0.15, 0.2) is 0 Å². The minimum Gasteiger partial charge on any atom is -0.332 e. The van der Waals surface area contributed by atoms with Gasteiger partial charge in [-0.3, -0.25) is 9.78 Å². The first-order chi connectivity index (χ1) is 13.0. The minimum absolute atomic E-state index is 0.189. The zero-order valence-electron chi connectivity index (χ0n) is 14.4. The van der Waals surface area contributed by atoms with E-state index >= 15 is 0 Å². The molecule has 0 atom stereocenters. The summed E-state index contributed by atoms with van der Waals surface area (Å²) in [5.41, 5.74) is 2.10. The van der Waals surface area contributed by atoms with Gasteiger partial charge >= 0.3 is 0 Å². The van der Waals surface area contributed by atoms with E-state index in [-0.39, 0.29) is 11.7 Å². The molecule has 1 aromatic heterocycles. The molecule has 0 aliphatic carbocycles. The Morgan fingerprint density at radius 3 is 2.48 bits per heavy atom. The summed E-state index contributed by atoms with van der Waals surface area (Å²) in [4.78, 5) is 18.9. The van der Waals surface area contributed by atoms with E-state index in [0.717, 1.165) is 11.3 Å². The van der Waals surface area contributed by atoms with Crippen molar-refractivity contribution in [3.63, 3.8) is 0 Å². The fraction of sp³-hybridized carbons (Fsp3) is 0.143. The summed E-state index contributed by atoms with van der Waals surface area (Å²) in [6.07, 6.45) is 2.25. The van der Waals surface area contributed by atoms with Gasteiger partial charge in [0.2, 0.25) is 0 Å². The zero-order chi connectivity index (χ0) is 19.2. The van der Waals surface area contributed by atoms with E-state index in [4.69, 9.17) is 23.2 Å². The predicted molar refractivity (Wildman–Crippen MR) is 106 cm³/mol. The maximum Gasteiger partial charge on any atom is 0.254 e. The summed E-state index contributed by atoms with van der Waals surface area (Å²) >= 11 is 12.2. The van der Waals surface area contributed by atoms with E-state index in [9.17, 15) is 9.18 Å². The van der Waals surface area contributed by atoms with Crippen LogP contribution in [-0.4, -0.2) is 22.3 Å². The van der Waals surface area contributed by atoms with Gasteiger partial charge in [-0.2, -0.15) is 0 Å². The van der Waals surface area contributed by atoms with Gasteiger partial charge in [0.05, 0.1) is 12.2 Å². The summed E-state index contributed by atoms with van der Waals surface area (Å²) < 4.78 is 13.2. The topological polar surface area (TPSA) is 33.2 Å². The molecular formula is C21H17Cl2FN2O. The number of rotatable bonds is 6. The molecule has 0 bridgehead atoms. The number of carbonyl (C=O) groups excluding carboxylic acids is 1. The van der Waals surface area contributed by atoms with Crippen molar-refractivity contribution >= 4 is 29.1 Å². The van der Waals surface area contributed by atoms with E-state index in [1.807, 2.05) is 24.3 Å². The van der Waals surface area contributed by atoms with Gasteiger partial charge in [-0.1, -0.05) is 35.3 Å². The highest BCUT2D eigenvalue weighted by Crippen LogP contribution is 2.22. The average molecular weight is 403 g/mol. The molecule has 0 aliphatic heterocycles. The predicted octanol–water partition coefficient (Wildman–Crippen LogP) is 5.41. The molecule has 3 rings (SSSR count). The lowest BCUT2D eigenvalue weighted by molar-refractivity contribution is 0.0743. The van der Waals surface area contributed by atoms with Gasteiger partial charge < -0.3 is 4.90 Å². The minimum atomic E-state index is -0.379. The van der Waals surface area contributed by atoms with E-state index in [1.165, 1.54) is 24.3 Å². The summed E-state index contributed by atoms with van der Waals surface area (Å²) in [5, 5.41) is 1.13. The number of amides is 1. The van der Waals surface area contributed by atoms with Gasteiger partial charge in [0, 0.05) is 28.4 Å². The Hall–Kier alpha value is -2.43. The molecule has 0 unspecified atom stereocenters. The third kappa shape index (κ3) is 5.28. The molecule has 3 aromatic rings. The third-order valence-electron chi connectivity index (χ3n) is 4.12. The van der Waals surface area contributed by atoms with Crippen LogP contribution in [0.4, 0.5) is 4.39 Å². The molecule has 0 radical (unpaired) electrons. The first-order valence-electron chi connectivity index (χ1n) is 8.41. The largest absolute Gasteiger partial charge is 0.332 e. The van der Waals surface area contributed by atoms with Crippen LogP contribution in [0, 0.1) is 5.82 Å². The number of pyridine rings is 1. The molecule has 0 fully saturated rings. The van der Waals surface area contributed by atoms with E-state index < -0.39 is 0 Å². The van der Waals surface area contributed by atoms with Crippen LogP contribution in [-0.2, 0) is 13.0 Å². The van der Waals surface area contributed by atoms with Gasteiger partial charge in [0.25, 0.3) is 5.91 Å². The van der Waals surface area contributed by atoms with Crippen LogP contribution in [0.15, 0.2) is 66.9 Å². The highest BCUT2D eigenvalue weighted by Gasteiger charge is 2.17. The first kappa shape index (κ1) is 19.3. The second-order valence-corrected chi connectivity index (χ2v) is 6.88. The SMILES string of the molecule is O=C(c1ccc(F)cc1)N(CCc1ccc(Cl)cc1Cl)Cc1ccccn1. The normalized spacial score (nSPS) is 10.6. The third-order valence-corrected chi connectivity index (χ3v) is 4.71. The van der Waals surface area contributed by atoms with Crippen molar-refractivity contribution < 1.29 is 9.18 Å². The van der Waals surface area contributed by atoms with Crippen molar-refractivity contribution in [1.29, 1.82) is 0 Å². The van der Waals surface area contributed by atoms with Gasteiger partial charge in [-0.25, -0.2) is 4.39 Å². The van der Waals surface area contributed by atoms with Crippen LogP contribution in [0.3, 0.4) is 0 Å². The van der Waals surface area contributed by atoms with E-state index in [2.05, 4.69) is 4.98 Å². The number of hydrogen-bond donors (Lipinski definition) is 0. The van der Waals surface area contributed by atoms with Crippen molar-refractivity contribution in [3.8, 4) is 0 Å². The molecule has 0 aliphatic rings. The van der Waals surface area contributed by atoms with Gasteiger partial charge in [-0.05, 0) is 60.5 Å². The first-order valence-corrected chi connectivity index (χ1v) is 9.17. The smallest absolute Gasteiger partial charge is 0.254 e. The molecule has 27 heavy (non-hydrogen) atoms. The Kier molecular flexibility index (Phi) is 6.43. The lowest BCUT2D eigenvalue weighted by Gasteiger charge is -2.23. The molecule has 0 saturated heterocycles. The lowest BCUT2D eigenvalue weighted by atomic mass is 10.1. The highest BCUT2D eigenvalue weighted by molar-refractivity contribution is 6.35. The number of carbonyl (C=O) groups is 1. The number of halogens is 3. The maximum absolute atomic E-state index is 13.2. The standard InChI is InChI=1S/C21H17Cl2FN2O/c22-17-7-4-15(20(23)13-17)10-12-26(14-19-3-1-2-11-25-19)21(27)16-5-8-18(24)9-6-16/h1-9,11,13H,10,12,14H2. The fourth-order valence-electron chi connectivity index (χ4n) is 2.69. The Bertz CT molecular complexity index is 917. The maximum atomic E-state index is 13.2. The van der Waals surface area contributed by atoms with Crippen molar-refractivity contribution in [1.82, 2.24) is 9.88 Å². The summed E-state index contributed by atoms with van der Waals surface area (Å²) in [5.74, 6) is -0.568. The number of nitrogens with zero attached hydrogens (tertiary/aromatic N) is 2. The molecular weight excluding hydrogens is 386 g/mol. The zero-order valence-corrected chi connectivity index (χ0v) is 15.9. The molecule has 1 amide bonds. The quantitative estimate of drug-likeness (QED) is 0.551. The van der Waals surface area contributed by atoms with Gasteiger partial charge in [-0.15, -0.1) is 0 Å². The summed E-state index contributed by atoms with van der Waals surface area (Å²) in [7, 11) is 0. The Morgan fingerprint density at radius 1 is 1.04 bits per heavy atom. The Labute approximate surface area is 167 Å². The molecule has 0 N–H and O–H groups in total. The number of aromatic nitrogens is 1. The van der Waals surface area contributed by atoms with Crippen molar-refractivity contribution in [2.45, 2.75) is 13.0 Å². The monoisotopic (exact) mass is 402 g/mol. The molecule has 3 nitrogen and oxygen atoms in total. The molecule has 138 valence electrons. The van der Waals surface area contributed by atoms with Crippen LogP contribution < -0.4 is 0 Å². The lowest BCUT2D eigenvalue weighted by Crippen LogP contribution is -2.32. The fourth-order valence-corrected chi connectivity index (χ4v) is 3.20. The van der Waals surface area contributed by atoms with E-state index in [1.54, 1.807) is 23.2 Å². The van der Waals surface area contributed by atoms with Crippen LogP contribution in [0.25, 0.3) is 0 Å². The molecule has 0 saturated carbocycles. The van der Waals surface area contributed by atoms with Crippen molar-refractivity contribution in [2.24, 2.45) is 0 Å². The second-order valence-electron chi connectivity index (χ2n) is 6.04. The molecule has 2 aromatic carbocycles. The van der Waals surface area contributed by atoms with Gasteiger partial charge in [0.1, 0.15) is 5.82 Å². The molecule has 1 heterocycles. The molecule has 6 heteroatoms. The van der Waals surface area contributed by atoms with Crippen LogP contribution >= 0.6 is 23.2 Å². The summed E-state index contributed by atoms with van der Waals surface area (Å²) in [6.45, 7) is 0.788. The Morgan fingerprint density at radius 2 is 1.81 bits per heavy atom.